The molecule has 1 aliphatic rings. The average molecular weight is 176 g/mol. The first kappa shape index (κ1) is 10.3. The molecule has 1 rings (SSSR count). The molecule has 0 heteroatoms. The third-order valence-corrected chi connectivity index (χ3v) is 2.26. The molecule has 72 valence electrons. The average Bonchev–Trinajstić information content (AvgIpc) is 2.18. The van der Waals surface area contributed by atoms with E-state index < -0.39 is 0 Å². The fourth-order valence-corrected chi connectivity index (χ4v) is 1.45. The molecule has 0 atom stereocenters. The van der Waals surface area contributed by atoms with Crippen LogP contribution in [-0.4, -0.2) is 0 Å². The predicted molar refractivity (Wildman–Crippen MR) is 59.7 cm³/mol. The summed E-state index contributed by atoms with van der Waals surface area (Å²) in [4.78, 5) is 0. The minimum absolute atomic E-state index is 1.12. The van der Waals surface area contributed by atoms with Gasteiger partial charge in [-0.1, -0.05) is 36.5 Å². The summed E-state index contributed by atoms with van der Waals surface area (Å²) < 4.78 is 0. The highest BCUT2D eigenvalue weighted by molar-refractivity contribution is 4.94. The van der Waals surface area contributed by atoms with Gasteiger partial charge >= 0.3 is 0 Å². The highest BCUT2D eigenvalue weighted by Gasteiger charge is 1.84. The number of hydrogen-bond acceptors (Lipinski definition) is 0. The van der Waals surface area contributed by atoms with E-state index in [1.165, 1.54) is 38.5 Å². The maximum atomic E-state index is 2.33. The van der Waals surface area contributed by atoms with Crippen molar-refractivity contribution in [3.63, 3.8) is 0 Å². The van der Waals surface area contributed by atoms with Gasteiger partial charge in [0.2, 0.25) is 0 Å². The summed E-state index contributed by atoms with van der Waals surface area (Å²) in [5.74, 6) is 0. The zero-order chi connectivity index (χ0) is 9.19. The first-order valence-corrected chi connectivity index (χ1v) is 5.45. The van der Waals surface area contributed by atoms with Gasteiger partial charge in [-0.05, 0) is 44.9 Å². The van der Waals surface area contributed by atoms with Crippen LogP contribution in [0.5, 0.6) is 0 Å². The molecular weight excluding hydrogens is 156 g/mol. The van der Waals surface area contributed by atoms with Crippen LogP contribution >= 0.6 is 0 Å². The highest BCUT2D eigenvalue weighted by Crippen LogP contribution is 2.04. The lowest BCUT2D eigenvalue weighted by molar-refractivity contribution is 0.842. The molecule has 0 saturated carbocycles. The second-order valence-electron chi connectivity index (χ2n) is 3.51. The molecule has 0 aromatic carbocycles. The lowest BCUT2D eigenvalue weighted by Crippen LogP contribution is -1.70. The Morgan fingerprint density at radius 1 is 0.462 bits per heavy atom. The van der Waals surface area contributed by atoms with Gasteiger partial charge in [-0.15, -0.1) is 0 Å². The molecule has 0 bridgehead atoms. The summed E-state index contributed by atoms with van der Waals surface area (Å²) in [6.07, 6.45) is 22.5. The van der Waals surface area contributed by atoms with Gasteiger partial charge in [0, 0.05) is 0 Å². The van der Waals surface area contributed by atoms with E-state index in [2.05, 4.69) is 36.5 Å². The SMILES string of the molecule is C1=C\CCC/C=C/C/C=C/CCC/1. The molecule has 0 spiro atoms. The van der Waals surface area contributed by atoms with Crippen LogP contribution in [0.15, 0.2) is 36.5 Å². The maximum Gasteiger partial charge on any atom is -0.0169 e. The van der Waals surface area contributed by atoms with Gasteiger partial charge in [-0.3, -0.25) is 0 Å². The van der Waals surface area contributed by atoms with Gasteiger partial charge in [0.1, 0.15) is 0 Å². The Kier molecular flexibility index (Phi) is 6.22. The molecule has 0 N–H and O–H groups in total. The summed E-state index contributed by atoms with van der Waals surface area (Å²) in [6.45, 7) is 0. The van der Waals surface area contributed by atoms with Gasteiger partial charge in [-0.2, -0.15) is 0 Å². The van der Waals surface area contributed by atoms with Crippen LogP contribution in [0.1, 0.15) is 44.9 Å². The monoisotopic (exact) mass is 176 g/mol. The number of rotatable bonds is 0. The molecule has 0 radical (unpaired) electrons. The molecule has 0 aliphatic heterocycles. The molecule has 0 fully saturated rings. The molecule has 0 aromatic heterocycles. The Morgan fingerprint density at radius 3 is 1.31 bits per heavy atom. The van der Waals surface area contributed by atoms with Crippen LogP contribution in [-0.2, 0) is 0 Å². The van der Waals surface area contributed by atoms with E-state index in [0.29, 0.717) is 0 Å². The van der Waals surface area contributed by atoms with Crippen molar-refractivity contribution < 1.29 is 0 Å². The normalized spacial score (nSPS) is 27.7. The quantitative estimate of drug-likeness (QED) is 0.480. The van der Waals surface area contributed by atoms with E-state index in [-0.39, 0.29) is 0 Å². The first-order chi connectivity index (χ1) is 6.50. The smallest absolute Gasteiger partial charge is 0.0169 e. The molecule has 0 nitrogen and oxygen atoms in total. The molecule has 0 saturated heterocycles. The van der Waals surface area contributed by atoms with Crippen molar-refractivity contribution in [1.29, 1.82) is 0 Å². The lowest BCUT2D eigenvalue weighted by atomic mass is 10.2. The minimum Gasteiger partial charge on any atom is -0.0885 e. The Hall–Kier alpha value is -0.780. The van der Waals surface area contributed by atoms with E-state index in [9.17, 15) is 0 Å². The van der Waals surface area contributed by atoms with Crippen molar-refractivity contribution in [3.8, 4) is 0 Å². The van der Waals surface area contributed by atoms with Crippen LogP contribution in [0.4, 0.5) is 0 Å². The predicted octanol–water partition coefficient (Wildman–Crippen LogP) is 4.40. The molecule has 0 unspecified atom stereocenters. The Bertz CT molecular complexity index is 164. The van der Waals surface area contributed by atoms with Crippen LogP contribution < -0.4 is 0 Å². The second kappa shape index (κ2) is 7.85. The topological polar surface area (TPSA) is 0 Å². The van der Waals surface area contributed by atoms with Crippen molar-refractivity contribution in [2.24, 2.45) is 0 Å². The third-order valence-electron chi connectivity index (χ3n) is 2.26. The molecule has 13 heavy (non-hydrogen) atoms. The van der Waals surface area contributed by atoms with Crippen molar-refractivity contribution in [2.45, 2.75) is 44.9 Å². The van der Waals surface area contributed by atoms with E-state index in [4.69, 9.17) is 0 Å². The highest BCUT2D eigenvalue weighted by atomic mass is 13.9. The van der Waals surface area contributed by atoms with Crippen molar-refractivity contribution in [3.05, 3.63) is 36.5 Å². The van der Waals surface area contributed by atoms with Gasteiger partial charge in [-0.25, -0.2) is 0 Å². The van der Waals surface area contributed by atoms with Crippen LogP contribution in [0, 0.1) is 0 Å². The van der Waals surface area contributed by atoms with E-state index >= 15 is 0 Å². The fourth-order valence-electron chi connectivity index (χ4n) is 1.45. The van der Waals surface area contributed by atoms with Crippen molar-refractivity contribution in [1.82, 2.24) is 0 Å². The third kappa shape index (κ3) is 6.39. The number of allylic oxidation sites excluding steroid dienone is 6. The molecule has 0 heterocycles. The summed E-state index contributed by atoms with van der Waals surface area (Å²) in [7, 11) is 0. The molecular formula is C13H20. The lowest BCUT2D eigenvalue weighted by Gasteiger charge is -1.90. The molecule has 0 aromatic rings. The van der Waals surface area contributed by atoms with E-state index in [0.717, 1.165) is 6.42 Å². The summed E-state index contributed by atoms with van der Waals surface area (Å²) >= 11 is 0. The fraction of sp³-hybridized carbons (Fsp3) is 0.538. The summed E-state index contributed by atoms with van der Waals surface area (Å²) in [6, 6.07) is 0. The van der Waals surface area contributed by atoms with Gasteiger partial charge in [0.15, 0.2) is 0 Å². The minimum atomic E-state index is 1.12. The Morgan fingerprint density at radius 2 is 0.846 bits per heavy atom. The zero-order valence-electron chi connectivity index (χ0n) is 8.41. The van der Waals surface area contributed by atoms with Crippen LogP contribution in [0.25, 0.3) is 0 Å². The van der Waals surface area contributed by atoms with E-state index in [1.54, 1.807) is 0 Å². The van der Waals surface area contributed by atoms with Gasteiger partial charge in [0.05, 0.1) is 0 Å². The first-order valence-electron chi connectivity index (χ1n) is 5.45. The summed E-state index contributed by atoms with van der Waals surface area (Å²) in [5.41, 5.74) is 0. The van der Waals surface area contributed by atoms with E-state index in [1.807, 2.05) is 0 Å². The number of hydrogen-bond donors (Lipinski definition) is 0. The van der Waals surface area contributed by atoms with Crippen LogP contribution in [0.2, 0.25) is 0 Å². The van der Waals surface area contributed by atoms with Crippen molar-refractivity contribution in [2.75, 3.05) is 0 Å². The summed E-state index contributed by atoms with van der Waals surface area (Å²) in [5, 5.41) is 0. The van der Waals surface area contributed by atoms with Gasteiger partial charge in [0.25, 0.3) is 0 Å². The van der Waals surface area contributed by atoms with Gasteiger partial charge < -0.3 is 0 Å². The van der Waals surface area contributed by atoms with Crippen molar-refractivity contribution >= 4 is 0 Å². The second-order valence-corrected chi connectivity index (χ2v) is 3.51. The molecule has 0 amide bonds. The standard InChI is InChI=1S/C13H20/c1-2-4-6-8-10-12-13-11-9-7-5-3-1/h1-2,5,7,10,12H,3-4,6,8-9,11,13H2/b2-1+,7-5+,12-10-. The zero-order valence-corrected chi connectivity index (χ0v) is 8.41. The Balaban J connectivity index is 2.27. The molecule has 1 aliphatic carbocycles. The largest absolute Gasteiger partial charge is 0.0885 e. The Labute approximate surface area is 82.0 Å². The maximum absolute atomic E-state index is 2.33. The van der Waals surface area contributed by atoms with Crippen LogP contribution in [0.3, 0.4) is 0 Å².